The van der Waals surface area contributed by atoms with Gasteiger partial charge in [-0.1, -0.05) is 26.0 Å². The molecule has 0 aliphatic carbocycles. The molecule has 2 N–H and O–H groups in total. The van der Waals surface area contributed by atoms with Gasteiger partial charge >= 0.3 is 6.03 Å². The monoisotopic (exact) mass is 347 g/mol. The van der Waals surface area contributed by atoms with Crippen molar-refractivity contribution in [2.45, 2.75) is 33.1 Å². The van der Waals surface area contributed by atoms with E-state index in [1.807, 2.05) is 43.0 Å². The molecule has 6 nitrogen and oxygen atoms in total. The normalized spacial score (nSPS) is 15.1. The van der Waals surface area contributed by atoms with Crippen molar-refractivity contribution in [3.8, 4) is 5.75 Å². The van der Waals surface area contributed by atoms with Crippen molar-refractivity contribution in [1.29, 1.82) is 0 Å². The van der Waals surface area contributed by atoms with Crippen LogP contribution in [0.15, 0.2) is 24.3 Å². The topological polar surface area (TPSA) is 70.7 Å². The Morgan fingerprint density at radius 1 is 1.24 bits per heavy atom. The Labute approximate surface area is 149 Å². The van der Waals surface area contributed by atoms with Crippen LogP contribution in [0.5, 0.6) is 5.75 Å². The highest BCUT2D eigenvalue weighted by Crippen LogP contribution is 2.24. The van der Waals surface area contributed by atoms with Crippen LogP contribution in [0.1, 0.15) is 33.1 Å². The first-order valence-corrected chi connectivity index (χ1v) is 8.95. The van der Waals surface area contributed by atoms with E-state index in [0.717, 1.165) is 12.8 Å². The maximum absolute atomic E-state index is 12.4. The number of para-hydroxylation sites is 2. The Morgan fingerprint density at radius 2 is 1.92 bits per heavy atom. The first-order valence-electron chi connectivity index (χ1n) is 8.95. The summed E-state index contributed by atoms with van der Waals surface area (Å²) in [5, 5.41) is 5.92. The number of nitrogens with zero attached hydrogens (tertiary/aromatic N) is 1. The Hall–Kier alpha value is -2.24. The van der Waals surface area contributed by atoms with Gasteiger partial charge in [-0.15, -0.1) is 0 Å². The molecule has 1 aromatic rings. The molecule has 0 spiro atoms. The molecule has 1 saturated heterocycles. The SMILES string of the molecule is COc1ccccc1NC(=O)N1CCC(CNC(=O)CC(C)C)CC1. The number of piperidine rings is 1. The molecule has 1 aromatic carbocycles. The molecule has 0 radical (unpaired) electrons. The molecule has 0 saturated carbocycles. The number of methoxy groups -OCH3 is 1. The Balaban J connectivity index is 1.76. The summed E-state index contributed by atoms with van der Waals surface area (Å²) in [5.41, 5.74) is 0.679. The van der Waals surface area contributed by atoms with E-state index in [2.05, 4.69) is 10.6 Å². The fourth-order valence-electron chi connectivity index (χ4n) is 2.98. The number of benzene rings is 1. The molecule has 1 aliphatic heterocycles. The Morgan fingerprint density at radius 3 is 2.56 bits per heavy atom. The number of carbonyl (C=O) groups is 2. The standard InChI is InChI=1S/C19H29N3O3/c1-14(2)12-18(23)20-13-15-8-10-22(11-9-15)19(24)21-16-6-4-5-7-17(16)25-3/h4-7,14-15H,8-13H2,1-3H3,(H,20,23)(H,21,24). The van der Waals surface area contributed by atoms with Crippen LogP contribution in [0, 0.1) is 11.8 Å². The van der Waals surface area contributed by atoms with Gasteiger partial charge in [-0.2, -0.15) is 0 Å². The second kappa shape index (κ2) is 9.30. The summed E-state index contributed by atoms with van der Waals surface area (Å²) in [4.78, 5) is 26.0. The number of amides is 3. The van der Waals surface area contributed by atoms with Crippen LogP contribution < -0.4 is 15.4 Å². The fourth-order valence-corrected chi connectivity index (χ4v) is 2.98. The van der Waals surface area contributed by atoms with E-state index in [4.69, 9.17) is 4.74 Å². The second-order valence-corrected chi connectivity index (χ2v) is 6.96. The zero-order valence-corrected chi connectivity index (χ0v) is 15.4. The highest BCUT2D eigenvalue weighted by atomic mass is 16.5. The lowest BCUT2D eigenvalue weighted by molar-refractivity contribution is -0.122. The first kappa shape index (κ1) is 19.1. The average Bonchev–Trinajstić information content (AvgIpc) is 2.60. The van der Waals surface area contributed by atoms with Gasteiger partial charge in [0.25, 0.3) is 0 Å². The van der Waals surface area contributed by atoms with Gasteiger partial charge in [0.05, 0.1) is 12.8 Å². The van der Waals surface area contributed by atoms with Crippen molar-refractivity contribution in [2.75, 3.05) is 32.1 Å². The molecule has 3 amide bonds. The number of hydrogen-bond acceptors (Lipinski definition) is 3. The first-order chi connectivity index (χ1) is 12.0. The lowest BCUT2D eigenvalue weighted by Crippen LogP contribution is -2.43. The van der Waals surface area contributed by atoms with Crippen LogP contribution in [0.2, 0.25) is 0 Å². The number of likely N-dealkylation sites (tertiary alicyclic amines) is 1. The van der Waals surface area contributed by atoms with Crippen molar-refractivity contribution in [1.82, 2.24) is 10.2 Å². The van der Waals surface area contributed by atoms with Crippen molar-refractivity contribution in [2.24, 2.45) is 11.8 Å². The zero-order valence-electron chi connectivity index (χ0n) is 15.4. The zero-order chi connectivity index (χ0) is 18.2. The maximum atomic E-state index is 12.4. The third-order valence-electron chi connectivity index (χ3n) is 4.43. The van der Waals surface area contributed by atoms with Gasteiger partial charge in [-0.05, 0) is 36.8 Å². The van der Waals surface area contributed by atoms with E-state index in [1.54, 1.807) is 7.11 Å². The molecule has 0 aromatic heterocycles. The minimum absolute atomic E-state index is 0.105. The second-order valence-electron chi connectivity index (χ2n) is 6.96. The number of urea groups is 1. The number of anilines is 1. The fraction of sp³-hybridized carbons (Fsp3) is 0.579. The smallest absolute Gasteiger partial charge is 0.321 e. The minimum atomic E-state index is -0.105. The molecule has 1 aliphatic rings. The van der Waals surface area contributed by atoms with Crippen LogP contribution in [-0.4, -0.2) is 43.6 Å². The van der Waals surface area contributed by atoms with Crippen LogP contribution in [0.4, 0.5) is 10.5 Å². The lowest BCUT2D eigenvalue weighted by atomic mass is 9.97. The van der Waals surface area contributed by atoms with Gasteiger partial charge in [0, 0.05) is 26.1 Å². The number of ether oxygens (including phenoxy) is 1. The minimum Gasteiger partial charge on any atom is -0.495 e. The van der Waals surface area contributed by atoms with E-state index >= 15 is 0 Å². The number of nitrogens with one attached hydrogen (secondary N) is 2. The van der Waals surface area contributed by atoms with E-state index in [9.17, 15) is 9.59 Å². The van der Waals surface area contributed by atoms with Crippen molar-refractivity contribution in [3.05, 3.63) is 24.3 Å². The van der Waals surface area contributed by atoms with Gasteiger partial charge in [-0.3, -0.25) is 4.79 Å². The number of carbonyl (C=O) groups excluding carboxylic acids is 2. The third kappa shape index (κ3) is 5.96. The van der Waals surface area contributed by atoms with Crippen LogP contribution >= 0.6 is 0 Å². The average molecular weight is 347 g/mol. The summed E-state index contributed by atoms with van der Waals surface area (Å²) in [6.45, 7) is 6.18. The van der Waals surface area contributed by atoms with E-state index in [0.29, 0.717) is 49.3 Å². The van der Waals surface area contributed by atoms with E-state index < -0.39 is 0 Å². The van der Waals surface area contributed by atoms with E-state index in [-0.39, 0.29) is 11.9 Å². The third-order valence-corrected chi connectivity index (χ3v) is 4.43. The molecule has 0 unspecified atom stereocenters. The molecule has 1 fully saturated rings. The summed E-state index contributed by atoms with van der Waals surface area (Å²) in [5.74, 6) is 1.58. The van der Waals surface area contributed by atoms with Gasteiger partial charge < -0.3 is 20.3 Å². The van der Waals surface area contributed by atoms with Crippen LogP contribution in [0.25, 0.3) is 0 Å². The Kier molecular flexibility index (Phi) is 7.10. The lowest BCUT2D eigenvalue weighted by Gasteiger charge is -2.32. The van der Waals surface area contributed by atoms with Gasteiger partial charge in [0.15, 0.2) is 0 Å². The molecule has 138 valence electrons. The maximum Gasteiger partial charge on any atom is 0.321 e. The van der Waals surface area contributed by atoms with Crippen LogP contribution in [-0.2, 0) is 4.79 Å². The molecular formula is C19H29N3O3. The summed E-state index contributed by atoms with van der Waals surface area (Å²) >= 11 is 0. The molecule has 2 rings (SSSR count). The van der Waals surface area contributed by atoms with Gasteiger partial charge in [0.1, 0.15) is 5.75 Å². The van der Waals surface area contributed by atoms with Gasteiger partial charge in [-0.25, -0.2) is 4.79 Å². The summed E-state index contributed by atoms with van der Waals surface area (Å²) in [7, 11) is 1.59. The molecule has 1 heterocycles. The highest BCUT2D eigenvalue weighted by molar-refractivity contribution is 5.91. The predicted octanol–water partition coefficient (Wildman–Crippen LogP) is 3.10. The summed E-state index contributed by atoms with van der Waals surface area (Å²) < 4.78 is 5.26. The van der Waals surface area contributed by atoms with Crippen molar-refractivity contribution < 1.29 is 14.3 Å². The summed E-state index contributed by atoms with van der Waals surface area (Å²) in [6, 6.07) is 7.28. The predicted molar refractivity (Wildman–Crippen MR) is 98.8 cm³/mol. The summed E-state index contributed by atoms with van der Waals surface area (Å²) in [6.07, 6.45) is 2.38. The highest BCUT2D eigenvalue weighted by Gasteiger charge is 2.23. The largest absolute Gasteiger partial charge is 0.495 e. The molecule has 6 heteroatoms. The number of rotatable bonds is 6. The van der Waals surface area contributed by atoms with E-state index in [1.165, 1.54) is 0 Å². The molecule has 25 heavy (non-hydrogen) atoms. The van der Waals surface area contributed by atoms with Crippen LogP contribution in [0.3, 0.4) is 0 Å². The van der Waals surface area contributed by atoms with Crippen molar-refractivity contribution >= 4 is 17.6 Å². The quantitative estimate of drug-likeness (QED) is 0.831. The van der Waals surface area contributed by atoms with Crippen molar-refractivity contribution in [3.63, 3.8) is 0 Å². The molecule has 0 bridgehead atoms. The molecule has 0 atom stereocenters. The van der Waals surface area contributed by atoms with Gasteiger partial charge in [0.2, 0.25) is 5.91 Å². The molecular weight excluding hydrogens is 318 g/mol. The number of hydrogen-bond donors (Lipinski definition) is 2. The Bertz CT molecular complexity index is 581.